The van der Waals surface area contributed by atoms with E-state index < -0.39 is 10.0 Å². The van der Waals surface area contributed by atoms with Crippen molar-refractivity contribution in [1.29, 1.82) is 0 Å². The van der Waals surface area contributed by atoms with Gasteiger partial charge in [-0.3, -0.25) is 4.31 Å². The Labute approximate surface area is 136 Å². The summed E-state index contributed by atoms with van der Waals surface area (Å²) in [5.74, 6) is -0.331. The molecule has 122 valence electrons. The monoisotopic (exact) mass is 333 g/mol. The molecule has 2 aromatic carbocycles. The quantitative estimate of drug-likeness (QED) is 0.834. The summed E-state index contributed by atoms with van der Waals surface area (Å²) in [7, 11) is -3.68. The van der Waals surface area contributed by atoms with Crippen LogP contribution < -0.4 is 4.31 Å². The summed E-state index contributed by atoms with van der Waals surface area (Å²) in [4.78, 5) is 0.321. The Bertz CT molecular complexity index is 861. The van der Waals surface area contributed by atoms with Gasteiger partial charge in [-0.15, -0.1) is 0 Å². The first-order chi connectivity index (χ1) is 10.8. The third-order valence-corrected chi connectivity index (χ3v) is 6.46. The summed E-state index contributed by atoms with van der Waals surface area (Å²) >= 11 is 0. The van der Waals surface area contributed by atoms with Crippen LogP contribution in [-0.2, 0) is 16.4 Å². The predicted octanol–water partition coefficient (Wildman–Crippen LogP) is 3.97. The highest BCUT2D eigenvalue weighted by molar-refractivity contribution is 7.93. The van der Waals surface area contributed by atoms with Crippen LogP contribution in [0.1, 0.15) is 30.0 Å². The molecule has 2 aromatic rings. The third kappa shape index (κ3) is 2.74. The van der Waals surface area contributed by atoms with Gasteiger partial charge in [0.25, 0.3) is 10.0 Å². The molecule has 1 atom stereocenters. The SMILES string of the molecule is Cc1ccc(C)c(S(=O)(=O)N2c3ccc(F)cc3CCC2C)c1. The summed E-state index contributed by atoms with van der Waals surface area (Å²) in [6.45, 7) is 5.57. The third-order valence-electron chi connectivity index (χ3n) is 4.39. The zero-order valence-corrected chi connectivity index (χ0v) is 14.3. The second kappa shape index (κ2) is 5.64. The first kappa shape index (κ1) is 16.0. The van der Waals surface area contributed by atoms with E-state index in [4.69, 9.17) is 0 Å². The Morgan fingerprint density at radius 2 is 1.87 bits per heavy atom. The Kier molecular flexibility index (Phi) is 3.92. The lowest BCUT2D eigenvalue weighted by Crippen LogP contribution is -2.42. The lowest BCUT2D eigenvalue weighted by atomic mass is 9.99. The van der Waals surface area contributed by atoms with Crippen LogP contribution >= 0.6 is 0 Å². The largest absolute Gasteiger partial charge is 0.264 e. The van der Waals surface area contributed by atoms with E-state index in [1.165, 1.54) is 16.4 Å². The molecule has 3 rings (SSSR count). The van der Waals surface area contributed by atoms with Crippen LogP contribution in [0, 0.1) is 19.7 Å². The minimum atomic E-state index is -3.68. The van der Waals surface area contributed by atoms with Gasteiger partial charge in [0.1, 0.15) is 5.82 Å². The highest BCUT2D eigenvalue weighted by atomic mass is 32.2. The van der Waals surface area contributed by atoms with Gasteiger partial charge in [0.15, 0.2) is 0 Å². The highest BCUT2D eigenvalue weighted by Crippen LogP contribution is 2.36. The van der Waals surface area contributed by atoms with Crippen molar-refractivity contribution in [2.24, 2.45) is 0 Å². The summed E-state index contributed by atoms with van der Waals surface area (Å²) in [6, 6.07) is 9.60. The molecule has 0 radical (unpaired) electrons. The van der Waals surface area contributed by atoms with Crippen molar-refractivity contribution in [1.82, 2.24) is 0 Å². The van der Waals surface area contributed by atoms with E-state index in [9.17, 15) is 12.8 Å². The van der Waals surface area contributed by atoms with E-state index in [0.717, 1.165) is 16.7 Å². The van der Waals surface area contributed by atoms with Gasteiger partial charge in [-0.1, -0.05) is 12.1 Å². The fraction of sp³-hybridized carbons (Fsp3) is 0.333. The molecule has 3 nitrogen and oxygen atoms in total. The van der Waals surface area contributed by atoms with E-state index in [2.05, 4.69) is 0 Å². The molecule has 0 spiro atoms. The minimum Gasteiger partial charge on any atom is -0.263 e. The van der Waals surface area contributed by atoms with Crippen molar-refractivity contribution in [2.45, 2.75) is 44.6 Å². The number of rotatable bonds is 2. The van der Waals surface area contributed by atoms with Crippen LogP contribution in [-0.4, -0.2) is 14.5 Å². The van der Waals surface area contributed by atoms with E-state index >= 15 is 0 Å². The summed E-state index contributed by atoms with van der Waals surface area (Å²) in [5, 5.41) is 0. The van der Waals surface area contributed by atoms with Gasteiger partial charge in [-0.2, -0.15) is 0 Å². The maximum Gasteiger partial charge on any atom is 0.264 e. The van der Waals surface area contributed by atoms with Gasteiger partial charge in [0, 0.05) is 6.04 Å². The fourth-order valence-electron chi connectivity index (χ4n) is 3.15. The van der Waals surface area contributed by atoms with E-state index in [-0.39, 0.29) is 11.9 Å². The highest BCUT2D eigenvalue weighted by Gasteiger charge is 2.34. The average Bonchev–Trinajstić information content (AvgIpc) is 2.49. The van der Waals surface area contributed by atoms with E-state index in [0.29, 0.717) is 23.4 Å². The molecule has 1 aliphatic heterocycles. The Morgan fingerprint density at radius 1 is 1.13 bits per heavy atom. The van der Waals surface area contributed by atoms with Gasteiger partial charge in [-0.25, -0.2) is 12.8 Å². The van der Waals surface area contributed by atoms with Crippen LogP contribution in [0.3, 0.4) is 0 Å². The van der Waals surface area contributed by atoms with Crippen molar-refractivity contribution in [2.75, 3.05) is 4.31 Å². The summed E-state index contributed by atoms with van der Waals surface area (Å²) < 4.78 is 41.4. The Hall–Kier alpha value is -1.88. The van der Waals surface area contributed by atoms with Gasteiger partial charge in [-0.05, 0) is 74.6 Å². The number of hydrogen-bond acceptors (Lipinski definition) is 2. The number of nitrogens with zero attached hydrogens (tertiary/aromatic N) is 1. The number of halogens is 1. The summed E-state index contributed by atoms with van der Waals surface area (Å²) in [5.41, 5.74) is 2.96. The van der Waals surface area contributed by atoms with Crippen LogP contribution in [0.2, 0.25) is 0 Å². The first-order valence-electron chi connectivity index (χ1n) is 7.71. The molecule has 0 aromatic heterocycles. The molecule has 0 aliphatic carbocycles. The number of aryl methyl sites for hydroxylation is 3. The van der Waals surface area contributed by atoms with Crippen LogP contribution in [0.15, 0.2) is 41.3 Å². The number of hydrogen-bond donors (Lipinski definition) is 0. The average molecular weight is 333 g/mol. The van der Waals surface area contributed by atoms with Crippen molar-refractivity contribution < 1.29 is 12.8 Å². The molecule has 5 heteroatoms. The Balaban J connectivity index is 2.19. The molecular formula is C18H20FNO2S. The fourth-order valence-corrected chi connectivity index (χ4v) is 5.18. The second-order valence-corrected chi connectivity index (χ2v) is 8.01. The number of anilines is 1. The molecule has 0 N–H and O–H groups in total. The molecule has 0 fully saturated rings. The molecule has 23 heavy (non-hydrogen) atoms. The minimum absolute atomic E-state index is 0.155. The summed E-state index contributed by atoms with van der Waals surface area (Å²) in [6.07, 6.45) is 1.37. The molecule has 0 amide bonds. The van der Waals surface area contributed by atoms with Crippen molar-refractivity contribution in [3.05, 3.63) is 58.9 Å². The molecule has 1 heterocycles. The van der Waals surface area contributed by atoms with Gasteiger partial charge < -0.3 is 0 Å². The predicted molar refractivity (Wildman–Crippen MR) is 89.8 cm³/mol. The number of fused-ring (bicyclic) bond motifs is 1. The molecule has 0 saturated carbocycles. The lowest BCUT2D eigenvalue weighted by Gasteiger charge is -2.36. The van der Waals surface area contributed by atoms with Crippen LogP contribution in [0.5, 0.6) is 0 Å². The van der Waals surface area contributed by atoms with Crippen molar-refractivity contribution in [3.8, 4) is 0 Å². The molecule has 0 saturated heterocycles. The van der Waals surface area contributed by atoms with Gasteiger partial charge in [0.05, 0.1) is 10.6 Å². The second-order valence-electron chi connectivity index (χ2n) is 6.23. The van der Waals surface area contributed by atoms with Crippen molar-refractivity contribution in [3.63, 3.8) is 0 Å². The Morgan fingerprint density at radius 3 is 2.61 bits per heavy atom. The molecule has 0 bridgehead atoms. The lowest BCUT2D eigenvalue weighted by molar-refractivity contribution is 0.559. The zero-order valence-electron chi connectivity index (χ0n) is 13.5. The number of benzene rings is 2. The van der Waals surface area contributed by atoms with E-state index in [1.54, 1.807) is 19.1 Å². The standard InChI is InChI=1S/C18H20FNO2S/c1-12-4-5-13(2)18(10-12)23(21,22)20-14(3)6-7-15-11-16(19)8-9-17(15)20/h4-5,8-11,14H,6-7H2,1-3H3. The topological polar surface area (TPSA) is 37.4 Å². The zero-order chi connectivity index (χ0) is 16.8. The molecular weight excluding hydrogens is 313 g/mol. The van der Waals surface area contributed by atoms with Gasteiger partial charge in [0.2, 0.25) is 0 Å². The first-order valence-corrected chi connectivity index (χ1v) is 9.15. The van der Waals surface area contributed by atoms with Crippen molar-refractivity contribution >= 4 is 15.7 Å². The van der Waals surface area contributed by atoms with Gasteiger partial charge >= 0.3 is 0 Å². The molecule has 1 unspecified atom stereocenters. The van der Waals surface area contributed by atoms with Crippen LogP contribution in [0.25, 0.3) is 0 Å². The molecule has 1 aliphatic rings. The maximum atomic E-state index is 13.5. The smallest absolute Gasteiger partial charge is 0.263 e. The normalized spacial score (nSPS) is 17.9. The van der Waals surface area contributed by atoms with E-state index in [1.807, 2.05) is 26.0 Å². The van der Waals surface area contributed by atoms with Crippen LogP contribution in [0.4, 0.5) is 10.1 Å². The maximum absolute atomic E-state index is 13.5. The number of sulfonamides is 1.